The molecule has 0 aliphatic rings. The molecule has 1 aromatic carbocycles. The fraction of sp³-hybridized carbons (Fsp3) is 0.222. The molecule has 0 spiro atoms. The molecule has 3 N–H and O–H groups in total. The molecule has 24 heavy (non-hydrogen) atoms. The summed E-state index contributed by atoms with van der Waals surface area (Å²) in [6.07, 6.45) is 0. The molecule has 2 heterocycles. The second kappa shape index (κ2) is 5.88. The van der Waals surface area contributed by atoms with Gasteiger partial charge in [0, 0.05) is 10.9 Å². The van der Waals surface area contributed by atoms with Crippen LogP contribution < -0.4 is 10.1 Å². The highest BCUT2D eigenvalue weighted by atomic mass is 16.5. The van der Waals surface area contributed by atoms with Crippen LogP contribution >= 0.6 is 0 Å². The number of hydrogen-bond acceptors (Lipinski definition) is 4. The molecule has 3 aromatic rings. The van der Waals surface area contributed by atoms with E-state index in [0.29, 0.717) is 22.8 Å². The summed E-state index contributed by atoms with van der Waals surface area (Å²) in [5.41, 5.74) is 3.21. The number of aromatic nitrogens is 2. The molecule has 3 rings (SSSR count). The first-order chi connectivity index (χ1) is 11.4. The van der Waals surface area contributed by atoms with Gasteiger partial charge in [-0.15, -0.1) is 0 Å². The number of benzene rings is 1. The van der Waals surface area contributed by atoms with Crippen LogP contribution in [0.25, 0.3) is 10.9 Å². The van der Waals surface area contributed by atoms with E-state index in [1.807, 2.05) is 25.1 Å². The van der Waals surface area contributed by atoms with E-state index in [-0.39, 0.29) is 11.7 Å². The van der Waals surface area contributed by atoms with E-state index in [1.165, 1.54) is 0 Å². The van der Waals surface area contributed by atoms with Gasteiger partial charge in [0.15, 0.2) is 0 Å². The molecule has 2 aromatic heterocycles. The van der Waals surface area contributed by atoms with Crippen LogP contribution in [0.2, 0.25) is 0 Å². The van der Waals surface area contributed by atoms with E-state index < -0.39 is 0 Å². The van der Waals surface area contributed by atoms with Crippen LogP contribution in [-0.4, -0.2) is 28.1 Å². The number of nitrogens with zero attached hydrogens (tertiary/aromatic N) is 1. The summed E-state index contributed by atoms with van der Waals surface area (Å²) in [6.45, 7) is 5.31. The Labute approximate surface area is 139 Å². The number of pyridine rings is 1. The number of methoxy groups -OCH3 is 1. The fourth-order valence-electron chi connectivity index (χ4n) is 2.59. The van der Waals surface area contributed by atoms with Crippen molar-refractivity contribution in [1.29, 1.82) is 0 Å². The van der Waals surface area contributed by atoms with Crippen molar-refractivity contribution in [2.75, 3.05) is 12.4 Å². The highest BCUT2D eigenvalue weighted by Gasteiger charge is 2.15. The van der Waals surface area contributed by atoms with Gasteiger partial charge in [-0.25, -0.2) is 4.98 Å². The number of aromatic hydroxyl groups is 1. The van der Waals surface area contributed by atoms with Gasteiger partial charge in [-0.1, -0.05) is 0 Å². The zero-order valence-electron chi connectivity index (χ0n) is 14.0. The van der Waals surface area contributed by atoms with Crippen molar-refractivity contribution in [3.8, 4) is 11.5 Å². The Balaban J connectivity index is 1.93. The van der Waals surface area contributed by atoms with Gasteiger partial charge in [-0.05, 0) is 56.2 Å². The number of ether oxygens (including phenoxy) is 1. The number of anilines is 1. The molecule has 0 saturated heterocycles. The zero-order chi connectivity index (χ0) is 17.4. The Kier molecular flexibility index (Phi) is 3.89. The Morgan fingerprint density at radius 1 is 1.21 bits per heavy atom. The lowest BCUT2D eigenvalue weighted by molar-refractivity contribution is 0.102. The Bertz CT molecular complexity index is 944. The van der Waals surface area contributed by atoms with Gasteiger partial charge in [-0.2, -0.15) is 0 Å². The average molecular weight is 325 g/mol. The SMILES string of the molecule is COc1ccc2[nH]c(C(=O)Nc3nc(C)c(O)c(C)c3C)cc2c1. The summed E-state index contributed by atoms with van der Waals surface area (Å²) >= 11 is 0. The van der Waals surface area contributed by atoms with Crippen LogP contribution in [0.15, 0.2) is 24.3 Å². The highest BCUT2D eigenvalue weighted by molar-refractivity contribution is 6.06. The number of nitrogens with one attached hydrogen (secondary N) is 2. The zero-order valence-corrected chi connectivity index (χ0v) is 14.0. The van der Waals surface area contributed by atoms with Crippen LogP contribution in [0, 0.1) is 20.8 Å². The summed E-state index contributed by atoms with van der Waals surface area (Å²) < 4.78 is 5.19. The fourth-order valence-corrected chi connectivity index (χ4v) is 2.59. The van der Waals surface area contributed by atoms with Gasteiger partial charge < -0.3 is 20.1 Å². The smallest absolute Gasteiger partial charge is 0.273 e. The normalized spacial score (nSPS) is 10.8. The molecule has 124 valence electrons. The number of H-pyrrole nitrogens is 1. The number of aryl methyl sites for hydroxylation is 1. The molecular formula is C18H19N3O3. The standard InChI is InChI=1S/C18H19N3O3/c1-9-10(2)17(19-11(3)16(9)22)21-18(23)15-8-12-7-13(24-4)5-6-14(12)20-15/h5-8,20,22H,1-4H3,(H,19,21,23). The largest absolute Gasteiger partial charge is 0.506 e. The van der Waals surface area contributed by atoms with Crippen molar-refractivity contribution in [3.05, 3.63) is 46.8 Å². The van der Waals surface area contributed by atoms with Crippen LogP contribution in [0.5, 0.6) is 11.5 Å². The van der Waals surface area contributed by atoms with Crippen LogP contribution in [0.1, 0.15) is 27.3 Å². The maximum atomic E-state index is 12.5. The quantitative estimate of drug-likeness (QED) is 0.688. The third-order valence-electron chi connectivity index (χ3n) is 4.20. The van der Waals surface area contributed by atoms with E-state index in [0.717, 1.165) is 22.2 Å². The van der Waals surface area contributed by atoms with Gasteiger partial charge >= 0.3 is 0 Å². The monoisotopic (exact) mass is 325 g/mol. The first-order valence-corrected chi connectivity index (χ1v) is 7.55. The lowest BCUT2D eigenvalue weighted by atomic mass is 10.1. The number of aromatic amines is 1. The van der Waals surface area contributed by atoms with Gasteiger partial charge in [0.05, 0.1) is 12.8 Å². The first-order valence-electron chi connectivity index (χ1n) is 7.55. The van der Waals surface area contributed by atoms with Gasteiger partial charge in [0.2, 0.25) is 0 Å². The predicted octanol–water partition coefficient (Wildman–Crippen LogP) is 3.45. The lowest BCUT2D eigenvalue weighted by Crippen LogP contribution is -2.15. The van der Waals surface area contributed by atoms with Crippen molar-refractivity contribution in [2.24, 2.45) is 0 Å². The topological polar surface area (TPSA) is 87.2 Å². The molecular weight excluding hydrogens is 306 g/mol. The van der Waals surface area contributed by atoms with E-state index >= 15 is 0 Å². The molecule has 0 aliphatic heterocycles. The minimum atomic E-state index is -0.287. The lowest BCUT2D eigenvalue weighted by Gasteiger charge is -2.12. The maximum Gasteiger partial charge on any atom is 0.273 e. The summed E-state index contributed by atoms with van der Waals surface area (Å²) in [5, 5.41) is 13.6. The molecule has 0 bridgehead atoms. The number of amides is 1. The predicted molar refractivity (Wildman–Crippen MR) is 92.9 cm³/mol. The first kappa shape index (κ1) is 15.9. The Morgan fingerprint density at radius 3 is 2.67 bits per heavy atom. The highest BCUT2D eigenvalue weighted by Crippen LogP contribution is 2.28. The number of hydrogen-bond donors (Lipinski definition) is 3. The van der Waals surface area contributed by atoms with Crippen molar-refractivity contribution < 1.29 is 14.6 Å². The van der Waals surface area contributed by atoms with E-state index in [1.54, 1.807) is 27.0 Å². The van der Waals surface area contributed by atoms with Gasteiger partial charge in [0.25, 0.3) is 5.91 Å². The molecule has 0 unspecified atom stereocenters. The molecule has 6 nitrogen and oxygen atoms in total. The van der Waals surface area contributed by atoms with Crippen LogP contribution in [0.3, 0.4) is 0 Å². The average Bonchev–Trinajstić information content (AvgIpc) is 3.00. The Hall–Kier alpha value is -3.02. The number of rotatable bonds is 3. The second-order valence-electron chi connectivity index (χ2n) is 5.73. The van der Waals surface area contributed by atoms with E-state index in [9.17, 15) is 9.90 Å². The Morgan fingerprint density at radius 2 is 1.96 bits per heavy atom. The summed E-state index contributed by atoms with van der Waals surface area (Å²) in [7, 11) is 1.60. The van der Waals surface area contributed by atoms with Gasteiger partial charge in [-0.3, -0.25) is 4.79 Å². The van der Waals surface area contributed by atoms with Crippen molar-refractivity contribution in [3.63, 3.8) is 0 Å². The third kappa shape index (κ3) is 2.67. The maximum absolute atomic E-state index is 12.5. The molecule has 0 atom stereocenters. The molecule has 0 saturated carbocycles. The number of carbonyl (C=O) groups excluding carboxylic acids is 1. The summed E-state index contributed by atoms with van der Waals surface area (Å²) in [6, 6.07) is 7.33. The summed E-state index contributed by atoms with van der Waals surface area (Å²) in [5.74, 6) is 1.05. The van der Waals surface area contributed by atoms with Crippen molar-refractivity contribution in [2.45, 2.75) is 20.8 Å². The van der Waals surface area contributed by atoms with Crippen molar-refractivity contribution >= 4 is 22.6 Å². The second-order valence-corrected chi connectivity index (χ2v) is 5.73. The minimum Gasteiger partial charge on any atom is -0.506 e. The third-order valence-corrected chi connectivity index (χ3v) is 4.20. The van der Waals surface area contributed by atoms with Crippen LogP contribution in [-0.2, 0) is 0 Å². The number of fused-ring (bicyclic) bond motifs is 1. The minimum absolute atomic E-state index is 0.156. The molecule has 6 heteroatoms. The van der Waals surface area contributed by atoms with E-state index in [2.05, 4.69) is 15.3 Å². The van der Waals surface area contributed by atoms with Crippen molar-refractivity contribution in [1.82, 2.24) is 9.97 Å². The molecule has 0 fully saturated rings. The number of carbonyl (C=O) groups is 1. The molecule has 1 amide bonds. The molecule has 0 radical (unpaired) electrons. The van der Waals surface area contributed by atoms with Gasteiger partial charge in [0.1, 0.15) is 23.0 Å². The molecule has 0 aliphatic carbocycles. The van der Waals surface area contributed by atoms with E-state index in [4.69, 9.17) is 4.74 Å². The summed E-state index contributed by atoms with van der Waals surface area (Å²) in [4.78, 5) is 19.9. The van der Waals surface area contributed by atoms with Crippen LogP contribution in [0.4, 0.5) is 5.82 Å².